The Bertz CT molecular complexity index is 432. The molecule has 0 aliphatic rings. The van der Waals surface area contributed by atoms with E-state index in [1.165, 1.54) is 0 Å². The maximum atomic E-state index is 8.91. The molecule has 1 aromatic carbocycles. The maximum Gasteiger partial charge on any atom is 0.100 e. The lowest BCUT2D eigenvalue weighted by Crippen LogP contribution is -1.83. The van der Waals surface area contributed by atoms with Crippen LogP contribution in [0.1, 0.15) is 37.3 Å². The van der Waals surface area contributed by atoms with Crippen molar-refractivity contribution >= 4 is 15.9 Å². The summed E-state index contributed by atoms with van der Waals surface area (Å²) in [5, 5.41) is 8.91. The van der Waals surface area contributed by atoms with Crippen molar-refractivity contribution in [1.82, 2.24) is 0 Å². The fourth-order valence-electron chi connectivity index (χ4n) is 1.14. The van der Waals surface area contributed by atoms with Gasteiger partial charge in [-0.05, 0) is 24.6 Å². The fourth-order valence-corrected chi connectivity index (χ4v) is 1.50. The summed E-state index contributed by atoms with van der Waals surface area (Å²) < 4.78 is 0.915. The molecule has 0 aromatic heterocycles. The Hall–Kier alpha value is -1.25. The van der Waals surface area contributed by atoms with Crippen molar-refractivity contribution in [2.24, 2.45) is 0 Å². The predicted molar refractivity (Wildman–Crippen MR) is 65.3 cm³/mol. The third-order valence-corrected chi connectivity index (χ3v) is 2.47. The van der Waals surface area contributed by atoms with Crippen LogP contribution in [0.3, 0.4) is 0 Å². The number of unbranched alkanes of at least 4 members (excludes halogenated alkanes) is 2. The second kappa shape index (κ2) is 6.27. The van der Waals surface area contributed by atoms with Gasteiger partial charge in [-0.15, -0.1) is 0 Å². The van der Waals surface area contributed by atoms with Gasteiger partial charge in [-0.2, -0.15) is 5.26 Å². The average molecular weight is 262 g/mol. The van der Waals surface area contributed by atoms with E-state index >= 15 is 0 Å². The first-order valence-electron chi connectivity index (χ1n) is 4.96. The summed E-state index contributed by atoms with van der Waals surface area (Å²) in [6, 6.07) is 7.72. The zero-order chi connectivity index (χ0) is 11.1. The highest BCUT2D eigenvalue weighted by atomic mass is 79.9. The number of hydrogen-bond donors (Lipinski definition) is 0. The van der Waals surface area contributed by atoms with Crippen molar-refractivity contribution in [2.75, 3.05) is 0 Å². The first-order valence-corrected chi connectivity index (χ1v) is 5.75. The second-order valence-electron chi connectivity index (χ2n) is 3.21. The van der Waals surface area contributed by atoms with Gasteiger partial charge in [-0.25, -0.2) is 0 Å². The quantitative estimate of drug-likeness (QED) is 0.586. The van der Waals surface area contributed by atoms with E-state index in [4.69, 9.17) is 5.26 Å². The van der Waals surface area contributed by atoms with Gasteiger partial charge in [0.15, 0.2) is 0 Å². The van der Waals surface area contributed by atoms with Crippen LogP contribution in [0.2, 0.25) is 0 Å². The Morgan fingerprint density at radius 3 is 2.80 bits per heavy atom. The second-order valence-corrected chi connectivity index (χ2v) is 4.12. The van der Waals surface area contributed by atoms with Gasteiger partial charge in [0.05, 0.1) is 5.56 Å². The Kier molecular flexibility index (Phi) is 4.95. The summed E-state index contributed by atoms with van der Waals surface area (Å²) in [7, 11) is 0. The molecule has 1 aromatic rings. The van der Waals surface area contributed by atoms with Gasteiger partial charge in [-0.1, -0.05) is 41.1 Å². The van der Waals surface area contributed by atoms with Gasteiger partial charge in [-0.3, -0.25) is 0 Å². The molecule has 1 rings (SSSR count). The van der Waals surface area contributed by atoms with Crippen LogP contribution in [-0.2, 0) is 0 Å². The van der Waals surface area contributed by atoms with Crippen molar-refractivity contribution in [3.8, 4) is 17.9 Å². The van der Waals surface area contributed by atoms with Gasteiger partial charge in [0.2, 0.25) is 0 Å². The standard InChI is InChI=1S/C13H12BrN/c1-2-3-4-5-6-11-7-8-13(14)9-12(11)10-15/h7-9H,2-4H2,1H3. The SMILES string of the molecule is CCCCC#Cc1ccc(Br)cc1C#N. The summed E-state index contributed by atoms with van der Waals surface area (Å²) >= 11 is 3.33. The number of nitriles is 1. The Labute approximate surface area is 99.2 Å². The van der Waals surface area contributed by atoms with Crippen LogP contribution in [0.15, 0.2) is 22.7 Å². The van der Waals surface area contributed by atoms with Gasteiger partial charge < -0.3 is 0 Å². The summed E-state index contributed by atoms with van der Waals surface area (Å²) in [4.78, 5) is 0. The van der Waals surface area contributed by atoms with E-state index in [-0.39, 0.29) is 0 Å². The summed E-state index contributed by atoms with van der Waals surface area (Å²) in [5.74, 6) is 6.11. The molecule has 0 amide bonds. The molecule has 0 unspecified atom stereocenters. The molecule has 0 fully saturated rings. The zero-order valence-corrected chi connectivity index (χ0v) is 10.3. The fraction of sp³-hybridized carbons (Fsp3) is 0.308. The first-order chi connectivity index (χ1) is 7.27. The lowest BCUT2D eigenvalue weighted by Gasteiger charge is -1.95. The molecule has 0 aliphatic carbocycles. The van der Waals surface area contributed by atoms with E-state index in [0.29, 0.717) is 5.56 Å². The van der Waals surface area contributed by atoms with Gasteiger partial charge in [0.1, 0.15) is 6.07 Å². The number of hydrogen-bond acceptors (Lipinski definition) is 1. The van der Waals surface area contributed by atoms with Crippen molar-refractivity contribution in [3.05, 3.63) is 33.8 Å². The topological polar surface area (TPSA) is 23.8 Å². The molecule has 0 saturated heterocycles. The summed E-state index contributed by atoms with van der Waals surface area (Å²) in [6.45, 7) is 2.14. The molecule has 2 heteroatoms. The van der Waals surface area contributed by atoms with Crippen molar-refractivity contribution in [2.45, 2.75) is 26.2 Å². The van der Waals surface area contributed by atoms with E-state index in [0.717, 1.165) is 29.3 Å². The average Bonchev–Trinajstić information content (AvgIpc) is 2.26. The minimum absolute atomic E-state index is 0.633. The Morgan fingerprint density at radius 2 is 2.13 bits per heavy atom. The van der Waals surface area contributed by atoms with Crippen molar-refractivity contribution in [1.29, 1.82) is 5.26 Å². The molecule has 0 N–H and O–H groups in total. The van der Waals surface area contributed by atoms with Gasteiger partial charge >= 0.3 is 0 Å². The zero-order valence-electron chi connectivity index (χ0n) is 8.68. The summed E-state index contributed by atoms with van der Waals surface area (Å²) in [5.41, 5.74) is 1.45. The highest BCUT2D eigenvalue weighted by molar-refractivity contribution is 9.10. The molecular formula is C13H12BrN. The monoisotopic (exact) mass is 261 g/mol. The maximum absolute atomic E-state index is 8.91. The van der Waals surface area contributed by atoms with E-state index < -0.39 is 0 Å². The van der Waals surface area contributed by atoms with Crippen LogP contribution in [0, 0.1) is 23.2 Å². The highest BCUT2D eigenvalue weighted by Crippen LogP contribution is 2.15. The molecule has 0 heterocycles. The Balaban J connectivity index is 2.84. The minimum Gasteiger partial charge on any atom is -0.192 e. The van der Waals surface area contributed by atoms with Crippen LogP contribution in [-0.4, -0.2) is 0 Å². The minimum atomic E-state index is 0.633. The highest BCUT2D eigenvalue weighted by Gasteiger charge is 1.98. The van der Waals surface area contributed by atoms with Crippen LogP contribution in [0.5, 0.6) is 0 Å². The van der Waals surface area contributed by atoms with Crippen molar-refractivity contribution < 1.29 is 0 Å². The Morgan fingerprint density at radius 1 is 1.33 bits per heavy atom. The molecule has 0 atom stereocenters. The lowest BCUT2D eigenvalue weighted by molar-refractivity contribution is 0.828. The van der Waals surface area contributed by atoms with Gasteiger partial charge in [0.25, 0.3) is 0 Å². The molecule has 15 heavy (non-hydrogen) atoms. The van der Waals surface area contributed by atoms with E-state index in [2.05, 4.69) is 40.8 Å². The van der Waals surface area contributed by atoms with Crippen LogP contribution in [0.4, 0.5) is 0 Å². The van der Waals surface area contributed by atoms with Crippen LogP contribution in [0.25, 0.3) is 0 Å². The molecule has 0 saturated carbocycles. The lowest BCUT2D eigenvalue weighted by atomic mass is 10.1. The third-order valence-electron chi connectivity index (χ3n) is 1.98. The van der Waals surface area contributed by atoms with E-state index in [9.17, 15) is 0 Å². The molecule has 0 radical (unpaired) electrons. The van der Waals surface area contributed by atoms with Crippen LogP contribution < -0.4 is 0 Å². The number of nitrogens with zero attached hydrogens (tertiary/aromatic N) is 1. The first kappa shape index (κ1) is 11.8. The van der Waals surface area contributed by atoms with Gasteiger partial charge in [0, 0.05) is 16.5 Å². The molecule has 0 aliphatic heterocycles. The van der Waals surface area contributed by atoms with Crippen LogP contribution >= 0.6 is 15.9 Å². The normalized spacial score (nSPS) is 8.87. The number of rotatable bonds is 2. The predicted octanol–water partition coefficient (Wildman–Crippen LogP) is 3.86. The third kappa shape index (κ3) is 3.78. The smallest absolute Gasteiger partial charge is 0.100 e. The molecule has 1 nitrogen and oxygen atoms in total. The summed E-state index contributed by atoms with van der Waals surface area (Å²) in [6.07, 6.45) is 3.17. The number of halogens is 1. The molecule has 0 spiro atoms. The molecule has 76 valence electrons. The van der Waals surface area contributed by atoms with E-state index in [1.54, 1.807) is 6.07 Å². The largest absolute Gasteiger partial charge is 0.192 e. The van der Waals surface area contributed by atoms with E-state index in [1.807, 2.05) is 12.1 Å². The molecule has 0 bridgehead atoms. The molecular weight excluding hydrogens is 250 g/mol. The number of benzene rings is 1. The van der Waals surface area contributed by atoms with Crippen molar-refractivity contribution in [3.63, 3.8) is 0 Å².